The lowest BCUT2D eigenvalue weighted by atomic mass is 9.89. The average Bonchev–Trinajstić information content (AvgIpc) is 3.71. The second kappa shape index (κ2) is 25.5. The van der Waals surface area contributed by atoms with Gasteiger partial charge in [0.15, 0.2) is 5.84 Å². The number of terminal acetylenes is 3. The SMILES string of the molecule is C#CCC(CC)CCCC.C#Cc1c(C(=NC(C)c2ccc([CH2])c(C)c2C#C)N=C(C)n2cccn2)ccc(C2=C[C]2CC(CC)CCCC)c1C.CC.[CH3].[H].[H]. The molecule has 3 aromatic rings. The van der Waals surface area contributed by atoms with Crippen molar-refractivity contribution in [1.82, 2.24) is 9.78 Å². The van der Waals surface area contributed by atoms with E-state index in [-0.39, 0.29) is 16.3 Å². The molecule has 0 saturated heterocycles. The van der Waals surface area contributed by atoms with Gasteiger partial charge in [0.05, 0.1) is 6.04 Å². The summed E-state index contributed by atoms with van der Waals surface area (Å²) in [6.45, 7) is 25.2. The Kier molecular flexibility index (Phi) is 22.4. The van der Waals surface area contributed by atoms with Gasteiger partial charge in [-0.25, -0.2) is 9.67 Å². The Morgan fingerprint density at radius 2 is 1.55 bits per heavy atom. The average molecular weight is 740 g/mol. The molecule has 1 aromatic heterocycles. The van der Waals surface area contributed by atoms with Gasteiger partial charge in [-0.05, 0) is 105 Å². The van der Waals surface area contributed by atoms with Crippen molar-refractivity contribution in [3.63, 3.8) is 0 Å². The fourth-order valence-electron chi connectivity index (χ4n) is 6.69. The van der Waals surface area contributed by atoms with Crippen LogP contribution in [0.3, 0.4) is 0 Å². The molecule has 1 aliphatic carbocycles. The number of hydrogen-bond donors (Lipinski definition) is 0. The van der Waals surface area contributed by atoms with Gasteiger partial charge in [-0.2, -0.15) is 5.10 Å². The molecule has 0 N–H and O–H groups in total. The van der Waals surface area contributed by atoms with E-state index < -0.39 is 0 Å². The fraction of sp³-hybridized carbons (Fsp3) is 0.451. The first-order valence-corrected chi connectivity index (χ1v) is 20.3. The number of rotatable bonds is 15. The minimum atomic E-state index is -0.259. The third kappa shape index (κ3) is 13.9. The molecule has 0 aliphatic heterocycles. The highest BCUT2D eigenvalue weighted by atomic mass is 15.3. The van der Waals surface area contributed by atoms with Crippen molar-refractivity contribution in [2.24, 2.45) is 21.8 Å². The van der Waals surface area contributed by atoms with E-state index in [1.165, 1.54) is 68.4 Å². The number of aromatic nitrogens is 2. The van der Waals surface area contributed by atoms with E-state index in [0.717, 1.165) is 63.6 Å². The fourth-order valence-corrected chi connectivity index (χ4v) is 6.69. The second-order valence-corrected chi connectivity index (χ2v) is 14.0. The van der Waals surface area contributed by atoms with E-state index in [0.29, 0.717) is 11.7 Å². The maximum absolute atomic E-state index is 6.19. The largest absolute Gasteiger partial charge is 0.258 e. The summed E-state index contributed by atoms with van der Waals surface area (Å²) >= 11 is 0. The Bertz CT molecular complexity index is 1840. The summed E-state index contributed by atoms with van der Waals surface area (Å²) in [4.78, 5) is 10.1. The van der Waals surface area contributed by atoms with Crippen molar-refractivity contribution in [2.75, 3.05) is 0 Å². The first-order chi connectivity index (χ1) is 26.1. The minimum absolute atomic E-state index is 0. The monoisotopic (exact) mass is 740 g/mol. The van der Waals surface area contributed by atoms with E-state index in [9.17, 15) is 0 Å². The molecule has 0 saturated carbocycles. The number of nitrogens with zero attached hydrogens (tertiary/aromatic N) is 4. The second-order valence-electron chi connectivity index (χ2n) is 14.0. The summed E-state index contributed by atoms with van der Waals surface area (Å²) in [5, 5.41) is 4.36. The highest BCUT2D eigenvalue weighted by Crippen LogP contribution is 2.47. The number of allylic oxidation sites excluding steroid dienone is 2. The standard InChI is InChI=1S/C38H42N4.C10H18.C2H6.CH3.2H/c1-10-14-16-30(11-2)23-31-24-37(31)34-19-20-36(33(13-4)27(34)7)38(41-29(9)42-22-15-21-39-42)40-28(8)35-18-17-25(5)26(6)32(35)12-3;1-4-7-9-10(6-3)8-5-2;1-2;;;/h3-4,15,17-22,24,28,30H,5,10-11,14,16,23H2,1-2,6-9H3;2,10H,4,6-9H2,1,3H3;1-2H3;1H3;;. The van der Waals surface area contributed by atoms with E-state index >= 15 is 0 Å². The molecular weight excluding hydrogens is 669 g/mol. The molecule has 4 nitrogen and oxygen atoms in total. The summed E-state index contributed by atoms with van der Waals surface area (Å²) in [6.07, 6.45) is 35.6. The summed E-state index contributed by atoms with van der Waals surface area (Å²) in [5.74, 6) is 12.8. The molecule has 2 aromatic carbocycles. The number of aliphatic imine (C=N–C) groups is 2. The van der Waals surface area contributed by atoms with Gasteiger partial charge in [0.25, 0.3) is 0 Å². The zero-order chi connectivity index (χ0) is 40.2. The van der Waals surface area contributed by atoms with E-state index in [2.05, 4.69) is 82.6 Å². The molecule has 0 spiro atoms. The van der Waals surface area contributed by atoms with Gasteiger partial charge in [0.2, 0.25) is 0 Å². The predicted molar refractivity (Wildman–Crippen MR) is 244 cm³/mol. The van der Waals surface area contributed by atoms with Crippen LogP contribution in [0.15, 0.2) is 58.8 Å². The zero-order valence-corrected chi connectivity index (χ0v) is 36.1. The van der Waals surface area contributed by atoms with Gasteiger partial charge in [-0.1, -0.05) is 130 Å². The number of hydrogen-bond acceptors (Lipinski definition) is 2. The molecule has 3 atom stereocenters. The van der Waals surface area contributed by atoms with Crippen LogP contribution < -0.4 is 0 Å². The molecule has 55 heavy (non-hydrogen) atoms. The van der Waals surface area contributed by atoms with Crippen LogP contribution in [0.1, 0.15) is 173 Å². The maximum Gasteiger partial charge on any atom is 0.158 e. The van der Waals surface area contributed by atoms with Gasteiger partial charge >= 0.3 is 0 Å². The van der Waals surface area contributed by atoms with Crippen LogP contribution in [0.2, 0.25) is 0 Å². The van der Waals surface area contributed by atoms with E-state index in [1.807, 2.05) is 59.0 Å². The Labute approximate surface area is 340 Å². The lowest BCUT2D eigenvalue weighted by molar-refractivity contribution is 0.445. The third-order valence-corrected chi connectivity index (χ3v) is 10.3. The van der Waals surface area contributed by atoms with Gasteiger partial charge in [0, 0.05) is 44.3 Å². The van der Waals surface area contributed by atoms with Crippen LogP contribution in [-0.4, -0.2) is 21.5 Å². The van der Waals surface area contributed by atoms with Gasteiger partial charge in [-0.3, -0.25) is 4.99 Å². The van der Waals surface area contributed by atoms with Gasteiger partial charge in [-0.15, -0.1) is 25.2 Å². The summed E-state index contributed by atoms with van der Waals surface area (Å²) in [6, 6.07) is 9.85. The van der Waals surface area contributed by atoms with Crippen LogP contribution in [0, 0.1) is 83.0 Å². The van der Waals surface area contributed by atoms with Crippen LogP contribution in [0.5, 0.6) is 0 Å². The summed E-state index contributed by atoms with van der Waals surface area (Å²) < 4.78 is 1.73. The van der Waals surface area contributed by atoms with E-state index in [1.54, 1.807) is 10.9 Å². The minimum Gasteiger partial charge on any atom is -0.258 e. The molecular formula is C51H71N4. The van der Waals surface area contributed by atoms with Crippen molar-refractivity contribution >= 4 is 17.2 Å². The first kappa shape index (κ1) is 48.4. The Balaban J connectivity index is 0. The molecule has 1 aliphatic rings. The molecule has 3 unspecified atom stereocenters. The quantitative estimate of drug-likeness (QED) is 0.0869. The van der Waals surface area contributed by atoms with Crippen LogP contribution >= 0.6 is 0 Å². The summed E-state index contributed by atoms with van der Waals surface area (Å²) in [5.41, 5.74) is 8.91. The Morgan fingerprint density at radius 1 is 0.909 bits per heavy atom. The van der Waals surface area contributed by atoms with E-state index in [4.69, 9.17) is 29.3 Å². The number of amidine groups is 1. The molecule has 1 heterocycles. The predicted octanol–water partition coefficient (Wildman–Crippen LogP) is 13.6. The van der Waals surface area contributed by atoms with Crippen molar-refractivity contribution in [1.29, 1.82) is 0 Å². The zero-order valence-electron chi connectivity index (χ0n) is 38.1. The highest BCUT2D eigenvalue weighted by molar-refractivity contribution is 6.08. The van der Waals surface area contributed by atoms with Gasteiger partial charge in [0.1, 0.15) is 5.84 Å². The van der Waals surface area contributed by atoms with Crippen LogP contribution in [-0.2, 0) is 0 Å². The molecule has 4 heteroatoms. The topological polar surface area (TPSA) is 42.5 Å². The van der Waals surface area contributed by atoms with Crippen molar-refractivity contribution < 1.29 is 2.85 Å². The molecule has 0 amide bonds. The normalized spacial score (nSPS) is 13.9. The molecule has 0 fully saturated rings. The van der Waals surface area contributed by atoms with Crippen molar-refractivity contribution in [2.45, 2.75) is 139 Å². The van der Waals surface area contributed by atoms with Crippen molar-refractivity contribution in [3.8, 4) is 37.0 Å². The van der Waals surface area contributed by atoms with Gasteiger partial charge < -0.3 is 0 Å². The molecule has 295 valence electrons. The first-order valence-electron chi connectivity index (χ1n) is 20.3. The van der Waals surface area contributed by atoms with Crippen molar-refractivity contribution in [3.05, 3.63) is 114 Å². The summed E-state index contributed by atoms with van der Waals surface area (Å²) in [7, 11) is 0. The lowest BCUT2D eigenvalue weighted by Gasteiger charge is -2.17. The van der Waals surface area contributed by atoms with Crippen LogP contribution in [0.25, 0.3) is 5.57 Å². The highest BCUT2D eigenvalue weighted by Gasteiger charge is 2.31. The number of unbranched alkanes of at least 4 members (excludes halogenated alkanes) is 2. The van der Waals surface area contributed by atoms with Crippen LogP contribution in [0.4, 0.5) is 0 Å². The molecule has 5 radical (unpaired) electrons. The lowest BCUT2D eigenvalue weighted by Crippen LogP contribution is -2.14. The number of benzene rings is 2. The molecule has 0 bridgehead atoms. The molecule has 4 rings (SSSR count). The maximum atomic E-state index is 6.19. The Hall–Kier alpha value is -4.59. The Morgan fingerprint density at radius 3 is 2.09 bits per heavy atom. The smallest absolute Gasteiger partial charge is 0.158 e. The third-order valence-electron chi connectivity index (χ3n) is 10.3.